The molecule has 3 atom stereocenters. The topological polar surface area (TPSA) is 140 Å². The van der Waals surface area contributed by atoms with Crippen molar-refractivity contribution in [2.45, 2.75) is 36.9 Å². The van der Waals surface area contributed by atoms with Gasteiger partial charge in [-0.15, -0.1) is 0 Å². The number of piperidine rings is 1. The number of para-hydroxylation sites is 1. The Kier molecular flexibility index (Phi) is 7.32. The first kappa shape index (κ1) is 28.6. The SMILES string of the molecule is CC(Nc1c(-c2nc3cc(N4CCC(C(=O)O)CC4Br)c(C(F)(F)F)cc3[nH]2)c(=O)[nH]c2ccccc12)c1ncccn1. The molecule has 1 saturated heterocycles. The van der Waals surface area contributed by atoms with E-state index in [1.807, 2.05) is 19.1 Å². The number of anilines is 2. The number of hydrogen-bond acceptors (Lipinski definition) is 7. The van der Waals surface area contributed by atoms with Gasteiger partial charge in [-0.25, -0.2) is 15.0 Å². The van der Waals surface area contributed by atoms with E-state index in [0.29, 0.717) is 22.4 Å². The molecule has 5 aromatic rings. The van der Waals surface area contributed by atoms with Crippen LogP contribution in [0.2, 0.25) is 0 Å². The Morgan fingerprint density at radius 3 is 2.58 bits per heavy atom. The van der Waals surface area contributed by atoms with Crippen molar-refractivity contribution in [3.63, 3.8) is 0 Å². The van der Waals surface area contributed by atoms with Crippen LogP contribution in [-0.4, -0.2) is 47.5 Å². The molecule has 3 unspecified atom stereocenters. The molecule has 10 nitrogen and oxygen atoms in total. The quantitative estimate of drug-likeness (QED) is 0.128. The van der Waals surface area contributed by atoms with Gasteiger partial charge in [-0.2, -0.15) is 13.2 Å². The fourth-order valence-corrected chi connectivity index (χ4v) is 6.35. The summed E-state index contributed by atoms with van der Waals surface area (Å²) in [6, 6.07) is 10.7. The standard InChI is InChI=1S/C29H25BrF3N7O3/c1-14(25-34-8-4-9-35-25)36-24-16-5-2-3-6-18(16)39-27(41)23(24)26-37-19-12-17(29(31,32)33)21(13-20(19)38-26)40-10-7-15(28(42)43)11-22(40)30/h2-6,8-9,12-15,22H,7,10-11H2,1H3,(H,37,38)(H,42,43)(H2,36,39,41). The fraction of sp³-hybridized carbons (Fsp3) is 0.276. The number of aromatic amines is 2. The number of nitrogens with zero attached hydrogens (tertiary/aromatic N) is 4. The molecule has 0 bridgehead atoms. The lowest BCUT2D eigenvalue weighted by Gasteiger charge is -2.38. The normalized spacial score (nSPS) is 18.2. The number of alkyl halides is 4. The molecule has 1 aliphatic rings. The molecular weight excluding hydrogens is 631 g/mol. The summed E-state index contributed by atoms with van der Waals surface area (Å²) >= 11 is 3.39. The maximum absolute atomic E-state index is 14.4. The van der Waals surface area contributed by atoms with Gasteiger partial charge in [0, 0.05) is 24.3 Å². The van der Waals surface area contributed by atoms with E-state index in [1.165, 1.54) is 11.0 Å². The van der Waals surface area contributed by atoms with Crippen LogP contribution in [0.4, 0.5) is 24.5 Å². The largest absolute Gasteiger partial charge is 0.481 e. The van der Waals surface area contributed by atoms with Crippen molar-refractivity contribution in [3.05, 3.63) is 76.6 Å². The van der Waals surface area contributed by atoms with Gasteiger partial charge in [0.25, 0.3) is 5.56 Å². The number of pyridine rings is 1. The summed E-state index contributed by atoms with van der Waals surface area (Å²) in [4.78, 5) is 44.8. The Bertz CT molecular complexity index is 1890. The molecule has 14 heteroatoms. The molecule has 4 N–H and O–H groups in total. The number of halogens is 4. The van der Waals surface area contributed by atoms with Gasteiger partial charge in [0.2, 0.25) is 0 Å². The van der Waals surface area contributed by atoms with Crippen molar-refractivity contribution in [3.8, 4) is 11.4 Å². The Hall–Kier alpha value is -4.46. The number of aromatic nitrogens is 5. The predicted molar refractivity (Wildman–Crippen MR) is 159 cm³/mol. The van der Waals surface area contributed by atoms with Gasteiger partial charge in [0.1, 0.15) is 17.2 Å². The monoisotopic (exact) mass is 655 g/mol. The fourth-order valence-electron chi connectivity index (χ4n) is 5.47. The lowest BCUT2D eigenvalue weighted by Crippen LogP contribution is -2.42. The molecule has 222 valence electrons. The highest BCUT2D eigenvalue weighted by Gasteiger charge is 2.39. The second-order valence-corrected chi connectivity index (χ2v) is 11.4. The Labute approximate surface area is 250 Å². The van der Waals surface area contributed by atoms with E-state index in [9.17, 15) is 27.9 Å². The van der Waals surface area contributed by atoms with Crippen LogP contribution >= 0.6 is 15.9 Å². The third kappa shape index (κ3) is 5.42. The van der Waals surface area contributed by atoms with Crippen LogP contribution in [0.25, 0.3) is 33.3 Å². The first-order chi connectivity index (χ1) is 20.5. The molecule has 3 aromatic heterocycles. The van der Waals surface area contributed by atoms with E-state index in [2.05, 4.69) is 46.2 Å². The average molecular weight is 656 g/mol. The highest BCUT2D eigenvalue weighted by Crippen LogP contribution is 2.43. The summed E-state index contributed by atoms with van der Waals surface area (Å²) in [6.07, 6.45) is -1.16. The Morgan fingerprint density at radius 2 is 1.88 bits per heavy atom. The van der Waals surface area contributed by atoms with Crippen LogP contribution in [0.3, 0.4) is 0 Å². The van der Waals surface area contributed by atoms with Gasteiger partial charge >= 0.3 is 12.1 Å². The molecule has 1 fully saturated rings. The highest BCUT2D eigenvalue weighted by molar-refractivity contribution is 9.09. The maximum atomic E-state index is 14.4. The zero-order valence-corrected chi connectivity index (χ0v) is 24.2. The number of hydrogen-bond donors (Lipinski definition) is 4. The van der Waals surface area contributed by atoms with E-state index in [1.54, 1.807) is 30.6 Å². The van der Waals surface area contributed by atoms with Gasteiger partial charge in [0.05, 0.1) is 50.4 Å². The number of carbonyl (C=O) groups is 1. The van der Waals surface area contributed by atoms with Gasteiger partial charge in [-0.05, 0) is 44.0 Å². The zero-order chi connectivity index (χ0) is 30.5. The first-order valence-corrected chi connectivity index (χ1v) is 14.4. The number of imidazole rings is 1. The number of carboxylic acids is 1. The minimum absolute atomic E-state index is 0.0796. The smallest absolute Gasteiger partial charge is 0.418 e. The molecule has 2 aromatic carbocycles. The predicted octanol–water partition coefficient (Wildman–Crippen LogP) is 6.08. The molecular formula is C29H25BrF3N7O3. The van der Waals surface area contributed by atoms with E-state index >= 15 is 0 Å². The van der Waals surface area contributed by atoms with Crippen LogP contribution in [0.15, 0.2) is 59.7 Å². The summed E-state index contributed by atoms with van der Waals surface area (Å²) in [5, 5.41) is 13.4. The van der Waals surface area contributed by atoms with Crippen LogP contribution in [0, 0.1) is 5.92 Å². The second kappa shape index (κ2) is 11.0. The second-order valence-electron chi connectivity index (χ2n) is 10.4. The van der Waals surface area contributed by atoms with E-state index < -0.39 is 40.2 Å². The van der Waals surface area contributed by atoms with Crippen molar-refractivity contribution >= 4 is 55.2 Å². The number of H-pyrrole nitrogens is 2. The van der Waals surface area contributed by atoms with Crippen molar-refractivity contribution in [2.24, 2.45) is 5.92 Å². The van der Waals surface area contributed by atoms with Crippen molar-refractivity contribution in [1.29, 1.82) is 0 Å². The molecule has 0 radical (unpaired) electrons. The zero-order valence-electron chi connectivity index (χ0n) is 22.6. The van der Waals surface area contributed by atoms with Crippen molar-refractivity contribution in [2.75, 3.05) is 16.8 Å². The summed E-state index contributed by atoms with van der Waals surface area (Å²) in [6.45, 7) is 1.94. The van der Waals surface area contributed by atoms with Crippen LogP contribution < -0.4 is 15.8 Å². The third-order valence-electron chi connectivity index (χ3n) is 7.59. The maximum Gasteiger partial charge on any atom is 0.418 e. The molecule has 1 aliphatic heterocycles. The Balaban J connectivity index is 1.49. The number of nitrogens with one attached hydrogen (secondary N) is 3. The number of rotatable bonds is 6. The first-order valence-electron chi connectivity index (χ1n) is 13.4. The van der Waals surface area contributed by atoms with Crippen LogP contribution in [0.5, 0.6) is 0 Å². The van der Waals surface area contributed by atoms with Crippen LogP contribution in [0.1, 0.15) is 37.2 Å². The summed E-state index contributed by atoms with van der Waals surface area (Å²) in [7, 11) is 0. The van der Waals surface area contributed by atoms with E-state index in [4.69, 9.17) is 0 Å². The molecule has 0 aliphatic carbocycles. The summed E-state index contributed by atoms with van der Waals surface area (Å²) in [5.41, 5.74) is -0.0934. The van der Waals surface area contributed by atoms with Gasteiger partial charge < -0.3 is 25.3 Å². The highest BCUT2D eigenvalue weighted by atomic mass is 79.9. The van der Waals surface area contributed by atoms with E-state index in [0.717, 1.165) is 6.07 Å². The van der Waals surface area contributed by atoms with Gasteiger partial charge in [-0.1, -0.05) is 34.1 Å². The number of carboxylic acid groups (broad SMARTS) is 1. The summed E-state index contributed by atoms with van der Waals surface area (Å²) < 4.78 is 43.1. The number of aliphatic carboxylic acids is 1. The third-order valence-corrected chi connectivity index (χ3v) is 8.46. The van der Waals surface area contributed by atoms with E-state index in [-0.39, 0.29) is 47.5 Å². The van der Waals surface area contributed by atoms with Gasteiger partial charge in [0.15, 0.2) is 0 Å². The molecule has 43 heavy (non-hydrogen) atoms. The number of benzene rings is 2. The number of fused-ring (bicyclic) bond motifs is 2. The molecule has 4 heterocycles. The minimum atomic E-state index is -4.70. The van der Waals surface area contributed by atoms with Gasteiger partial charge in [-0.3, -0.25) is 9.59 Å². The lowest BCUT2D eigenvalue weighted by molar-refractivity contribution is -0.142. The molecule has 0 saturated carbocycles. The lowest BCUT2D eigenvalue weighted by atomic mass is 9.96. The van der Waals surface area contributed by atoms with Crippen molar-refractivity contribution in [1.82, 2.24) is 24.9 Å². The molecule has 6 rings (SSSR count). The average Bonchev–Trinajstić information content (AvgIpc) is 3.39. The molecule has 0 amide bonds. The van der Waals surface area contributed by atoms with Crippen molar-refractivity contribution < 1.29 is 23.1 Å². The Morgan fingerprint density at radius 1 is 1.14 bits per heavy atom. The van der Waals surface area contributed by atoms with Crippen LogP contribution in [-0.2, 0) is 11.0 Å². The molecule has 0 spiro atoms. The summed E-state index contributed by atoms with van der Waals surface area (Å²) in [5.74, 6) is -1.08. The minimum Gasteiger partial charge on any atom is -0.481 e.